The lowest BCUT2D eigenvalue weighted by molar-refractivity contribution is -0.385. The van der Waals surface area contributed by atoms with Crippen molar-refractivity contribution in [2.24, 2.45) is 0 Å². The predicted octanol–water partition coefficient (Wildman–Crippen LogP) is 0.752. The molecule has 1 atom stereocenters. The van der Waals surface area contributed by atoms with E-state index >= 15 is 0 Å². The first-order chi connectivity index (χ1) is 9.63. The molecule has 1 amide bonds. The van der Waals surface area contributed by atoms with Gasteiger partial charge in [0, 0.05) is 12.6 Å². The monoisotopic (exact) mass is 281 g/mol. The maximum absolute atomic E-state index is 12.0. The first-order valence-corrected chi connectivity index (χ1v) is 6.86. The van der Waals surface area contributed by atoms with Crippen LogP contribution in [0.5, 0.6) is 0 Å². The molecule has 1 saturated heterocycles. The second-order valence-electron chi connectivity index (χ2n) is 4.91. The summed E-state index contributed by atoms with van der Waals surface area (Å²) in [4.78, 5) is 22.6. The Labute approximate surface area is 116 Å². The van der Waals surface area contributed by atoms with Crippen LogP contribution < -0.4 is 10.6 Å². The number of hydrogen-bond donors (Lipinski definition) is 3. The number of aryl methyl sites for hydroxylation is 1. The van der Waals surface area contributed by atoms with Crippen molar-refractivity contribution in [2.45, 2.75) is 38.6 Å². The van der Waals surface area contributed by atoms with E-state index in [-0.39, 0.29) is 17.4 Å². The molecule has 1 aromatic rings. The van der Waals surface area contributed by atoms with Crippen LogP contribution in [0.1, 0.15) is 42.4 Å². The number of amides is 1. The molecule has 0 bridgehead atoms. The Bertz CT molecular complexity index is 493. The molecule has 8 heteroatoms. The molecule has 1 aliphatic heterocycles. The van der Waals surface area contributed by atoms with E-state index in [1.54, 1.807) is 0 Å². The molecule has 1 aromatic heterocycles. The van der Waals surface area contributed by atoms with Crippen LogP contribution in [0.2, 0.25) is 0 Å². The molecular weight excluding hydrogens is 262 g/mol. The SMILES string of the molecule is CCCc1[nH]nc(C(=O)NCC2CCCN2)c1[N+](=O)[O-]. The Balaban J connectivity index is 2.06. The van der Waals surface area contributed by atoms with E-state index in [0.717, 1.165) is 25.8 Å². The fourth-order valence-corrected chi connectivity index (χ4v) is 2.38. The fraction of sp³-hybridized carbons (Fsp3) is 0.667. The highest BCUT2D eigenvalue weighted by Crippen LogP contribution is 2.22. The highest BCUT2D eigenvalue weighted by Gasteiger charge is 2.29. The van der Waals surface area contributed by atoms with Gasteiger partial charge in [-0.15, -0.1) is 0 Å². The minimum atomic E-state index is -0.544. The molecule has 8 nitrogen and oxygen atoms in total. The maximum Gasteiger partial charge on any atom is 0.322 e. The van der Waals surface area contributed by atoms with Gasteiger partial charge in [-0.2, -0.15) is 5.10 Å². The summed E-state index contributed by atoms with van der Waals surface area (Å²) in [5, 5.41) is 23.4. The molecule has 0 aliphatic carbocycles. The van der Waals surface area contributed by atoms with Crippen LogP contribution in [0.25, 0.3) is 0 Å². The average Bonchev–Trinajstić information content (AvgIpc) is 3.05. The molecule has 3 N–H and O–H groups in total. The van der Waals surface area contributed by atoms with Gasteiger partial charge in [0.15, 0.2) is 0 Å². The van der Waals surface area contributed by atoms with Crippen molar-refractivity contribution in [1.29, 1.82) is 0 Å². The fourth-order valence-electron chi connectivity index (χ4n) is 2.38. The van der Waals surface area contributed by atoms with E-state index in [9.17, 15) is 14.9 Å². The summed E-state index contributed by atoms with van der Waals surface area (Å²) in [5.41, 5.74) is 0.0711. The molecule has 0 saturated carbocycles. The largest absolute Gasteiger partial charge is 0.349 e. The number of H-pyrrole nitrogens is 1. The van der Waals surface area contributed by atoms with E-state index in [0.29, 0.717) is 18.7 Å². The Hall–Kier alpha value is -1.96. The molecule has 1 fully saturated rings. The Morgan fingerprint density at radius 2 is 2.40 bits per heavy atom. The Morgan fingerprint density at radius 1 is 1.60 bits per heavy atom. The van der Waals surface area contributed by atoms with Gasteiger partial charge in [-0.3, -0.25) is 20.0 Å². The summed E-state index contributed by atoms with van der Waals surface area (Å²) in [5.74, 6) is -0.496. The van der Waals surface area contributed by atoms with E-state index in [4.69, 9.17) is 0 Å². The smallest absolute Gasteiger partial charge is 0.322 e. The molecule has 1 aliphatic rings. The third-order valence-corrected chi connectivity index (χ3v) is 3.38. The highest BCUT2D eigenvalue weighted by molar-refractivity contribution is 5.96. The number of nitrogens with one attached hydrogen (secondary N) is 3. The van der Waals surface area contributed by atoms with Crippen molar-refractivity contribution in [3.05, 3.63) is 21.5 Å². The van der Waals surface area contributed by atoms with Gasteiger partial charge in [-0.05, 0) is 25.8 Å². The summed E-state index contributed by atoms with van der Waals surface area (Å²) in [6.07, 6.45) is 3.34. The van der Waals surface area contributed by atoms with E-state index in [1.807, 2.05) is 6.92 Å². The molecular formula is C12H19N5O3. The number of hydrogen-bond acceptors (Lipinski definition) is 5. The topological polar surface area (TPSA) is 113 Å². The van der Waals surface area contributed by atoms with Crippen LogP contribution in [0, 0.1) is 10.1 Å². The summed E-state index contributed by atoms with van der Waals surface area (Å²) in [7, 11) is 0. The van der Waals surface area contributed by atoms with Crippen LogP contribution in [0.4, 0.5) is 5.69 Å². The summed E-state index contributed by atoms with van der Waals surface area (Å²) in [6, 6.07) is 0.243. The lowest BCUT2D eigenvalue weighted by Crippen LogP contribution is -2.37. The second kappa shape index (κ2) is 6.47. The van der Waals surface area contributed by atoms with Crippen LogP contribution in [0.3, 0.4) is 0 Å². The minimum Gasteiger partial charge on any atom is -0.349 e. The predicted molar refractivity (Wildman–Crippen MR) is 72.6 cm³/mol. The van der Waals surface area contributed by atoms with Gasteiger partial charge in [-0.25, -0.2) is 0 Å². The summed E-state index contributed by atoms with van der Waals surface area (Å²) in [6.45, 7) is 3.33. The van der Waals surface area contributed by atoms with Crippen molar-refractivity contribution >= 4 is 11.6 Å². The normalized spacial score (nSPS) is 18.1. The molecule has 0 spiro atoms. The van der Waals surface area contributed by atoms with E-state index < -0.39 is 10.8 Å². The first-order valence-electron chi connectivity index (χ1n) is 6.86. The van der Waals surface area contributed by atoms with Gasteiger partial charge in [0.2, 0.25) is 5.69 Å². The number of carbonyl (C=O) groups excluding carboxylic acids is 1. The zero-order valence-electron chi connectivity index (χ0n) is 11.4. The van der Waals surface area contributed by atoms with Crippen molar-refractivity contribution < 1.29 is 9.72 Å². The molecule has 1 unspecified atom stereocenters. The Morgan fingerprint density at radius 3 is 3.00 bits per heavy atom. The number of nitro groups is 1. The highest BCUT2D eigenvalue weighted by atomic mass is 16.6. The van der Waals surface area contributed by atoms with Gasteiger partial charge in [0.05, 0.1) is 4.92 Å². The van der Waals surface area contributed by atoms with Crippen molar-refractivity contribution in [3.8, 4) is 0 Å². The lowest BCUT2D eigenvalue weighted by atomic mass is 10.2. The number of aromatic amines is 1. The van der Waals surface area contributed by atoms with Gasteiger partial charge in [0.25, 0.3) is 5.91 Å². The number of nitrogens with zero attached hydrogens (tertiary/aromatic N) is 2. The van der Waals surface area contributed by atoms with Crippen LogP contribution in [0.15, 0.2) is 0 Å². The van der Waals surface area contributed by atoms with E-state index in [2.05, 4.69) is 20.8 Å². The molecule has 110 valence electrons. The van der Waals surface area contributed by atoms with Gasteiger partial charge in [0.1, 0.15) is 5.69 Å². The molecule has 0 aromatic carbocycles. The second-order valence-corrected chi connectivity index (χ2v) is 4.91. The van der Waals surface area contributed by atoms with Gasteiger partial charge >= 0.3 is 5.69 Å². The third kappa shape index (κ3) is 3.13. The summed E-state index contributed by atoms with van der Waals surface area (Å²) >= 11 is 0. The molecule has 20 heavy (non-hydrogen) atoms. The third-order valence-electron chi connectivity index (χ3n) is 3.38. The number of rotatable bonds is 6. The Kier molecular flexibility index (Phi) is 4.67. The first kappa shape index (κ1) is 14.4. The molecule has 2 rings (SSSR count). The minimum absolute atomic E-state index is 0.128. The van der Waals surface area contributed by atoms with Gasteiger partial charge < -0.3 is 10.6 Å². The zero-order valence-corrected chi connectivity index (χ0v) is 11.4. The molecule has 0 radical (unpaired) electrons. The standard InChI is InChI=1S/C12H19N5O3/c1-2-4-9-11(17(19)20)10(16-15-9)12(18)14-7-8-5-3-6-13-8/h8,13H,2-7H2,1H3,(H,14,18)(H,15,16). The van der Waals surface area contributed by atoms with Crippen LogP contribution in [-0.4, -0.2) is 40.2 Å². The van der Waals surface area contributed by atoms with E-state index in [1.165, 1.54) is 0 Å². The van der Waals surface area contributed by atoms with Gasteiger partial charge in [-0.1, -0.05) is 13.3 Å². The maximum atomic E-state index is 12.0. The quantitative estimate of drug-likeness (QED) is 0.526. The van der Waals surface area contributed by atoms with Crippen molar-refractivity contribution in [3.63, 3.8) is 0 Å². The average molecular weight is 281 g/mol. The van der Waals surface area contributed by atoms with Crippen molar-refractivity contribution in [1.82, 2.24) is 20.8 Å². The number of carbonyl (C=O) groups is 1. The van der Waals surface area contributed by atoms with Crippen molar-refractivity contribution in [2.75, 3.05) is 13.1 Å². The summed E-state index contributed by atoms with van der Waals surface area (Å²) < 4.78 is 0. The van der Waals surface area contributed by atoms with Crippen LogP contribution >= 0.6 is 0 Å². The lowest BCUT2D eigenvalue weighted by Gasteiger charge is -2.10. The zero-order chi connectivity index (χ0) is 14.5. The van der Waals surface area contributed by atoms with Crippen LogP contribution in [-0.2, 0) is 6.42 Å². The molecule has 2 heterocycles. The number of aromatic nitrogens is 2.